The first kappa shape index (κ1) is 15.2. The van der Waals surface area contributed by atoms with Gasteiger partial charge in [0.2, 0.25) is 0 Å². The van der Waals surface area contributed by atoms with Crippen LogP contribution in [0.15, 0.2) is 59.0 Å². The van der Waals surface area contributed by atoms with Gasteiger partial charge in [-0.3, -0.25) is 4.79 Å². The number of nitrogens with zero attached hydrogens (tertiary/aromatic N) is 1. The number of hydrogen-bond donors (Lipinski definition) is 1. The molecular formula is C20H20N2OS. The monoisotopic (exact) mass is 336 g/mol. The van der Waals surface area contributed by atoms with Crippen molar-refractivity contribution in [2.45, 2.75) is 19.4 Å². The van der Waals surface area contributed by atoms with Crippen LogP contribution in [-0.4, -0.2) is 23.9 Å². The molecular weight excluding hydrogens is 316 g/mol. The van der Waals surface area contributed by atoms with Crippen LogP contribution in [0.2, 0.25) is 0 Å². The molecule has 4 rings (SSSR count). The molecule has 1 aromatic heterocycles. The minimum Gasteiger partial charge on any atom is -0.371 e. The first-order chi connectivity index (χ1) is 11.8. The molecule has 1 aliphatic carbocycles. The Labute approximate surface area is 146 Å². The van der Waals surface area contributed by atoms with Gasteiger partial charge in [-0.05, 0) is 70.6 Å². The zero-order chi connectivity index (χ0) is 16.4. The molecule has 0 saturated carbocycles. The van der Waals surface area contributed by atoms with E-state index in [1.807, 2.05) is 17.5 Å². The van der Waals surface area contributed by atoms with Gasteiger partial charge >= 0.3 is 0 Å². The molecule has 0 spiro atoms. The van der Waals surface area contributed by atoms with E-state index in [1.54, 1.807) is 11.3 Å². The number of carbonyl (C=O) groups excluding carboxylic acids is 1. The first-order valence-electron chi connectivity index (χ1n) is 8.34. The fraction of sp³-hybridized carbons (Fsp3) is 0.250. The second-order valence-electron chi connectivity index (χ2n) is 6.24. The van der Waals surface area contributed by atoms with Crippen molar-refractivity contribution in [2.75, 3.05) is 13.1 Å². The number of hydrogen-bond acceptors (Lipinski definition) is 3. The van der Waals surface area contributed by atoms with Crippen LogP contribution in [0.1, 0.15) is 27.0 Å². The smallest absolute Gasteiger partial charge is 0.251 e. The Morgan fingerprint density at radius 3 is 2.71 bits per heavy atom. The zero-order valence-electron chi connectivity index (χ0n) is 13.5. The number of nitrogens with one attached hydrogen (secondary N) is 1. The summed E-state index contributed by atoms with van der Waals surface area (Å²) in [5.41, 5.74) is 5.93. The number of allylic oxidation sites excluding steroid dienone is 3. The number of thiophene rings is 1. The van der Waals surface area contributed by atoms with Gasteiger partial charge < -0.3 is 10.2 Å². The fourth-order valence-corrected chi connectivity index (χ4v) is 3.86. The van der Waals surface area contributed by atoms with Crippen LogP contribution in [0.25, 0.3) is 0 Å². The van der Waals surface area contributed by atoms with Gasteiger partial charge in [0.25, 0.3) is 5.91 Å². The third kappa shape index (κ3) is 3.15. The van der Waals surface area contributed by atoms with Crippen molar-refractivity contribution in [3.05, 3.63) is 81.2 Å². The summed E-state index contributed by atoms with van der Waals surface area (Å²) in [5, 5.41) is 7.10. The summed E-state index contributed by atoms with van der Waals surface area (Å²) in [7, 11) is 0. The highest BCUT2D eigenvalue weighted by Crippen LogP contribution is 2.22. The molecule has 0 radical (unpaired) electrons. The second-order valence-corrected chi connectivity index (χ2v) is 7.02. The Kier molecular flexibility index (Phi) is 4.22. The highest BCUT2D eigenvalue weighted by atomic mass is 32.1. The third-order valence-corrected chi connectivity index (χ3v) is 5.43. The van der Waals surface area contributed by atoms with E-state index in [9.17, 15) is 4.79 Å². The SMILES string of the molecule is O=C(NCc1ccsc1)c1ccc2c(c1)CCN(C1=CC=C1)CC2. The normalized spacial score (nSPS) is 16.0. The van der Waals surface area contributed by atoms with Gasteiger partial charge in [0.1, 0.15) is 0 Å². The predicted molar refractivity (Wildman–Crippen MR) is 98.1 cm³/mol. The minimum absolute atomic E-state index is 0.00902. The maximum atomic E-state index is 12.4. The average molecular weight is 336 g/mol. The molecule has 1 aliphatic heterocycles. The van der Waals surface area contributed by atoms with Crippen LogP contribution in [0.3, 0.4) is 0 Å². The van der Waals surface area contributed by atoms with Crippen LogP contribution < -0.4 is 5.32 Å². The Balaban J connectivity index is 1.43. The van der Waals surface area contributed by atoms with Crippen molar-refractivity contribution in [2.24, 2.45) is 0 Å². The van der Waals surface area contributed by atoms with Gasteiger partial charge in [0.05, 0.1) is 0 Å². The molecule has 3 nitrogen and oxygen atoms in total. The molecule has 2 aromatic rings. The highest BCUT2D eigenvalue weighted by Gasteiger charge is 2.17. The lowest BCUT2D eigenvalue weighted by Crippen LogP contribution is -2.26. The van der Waals surface area contributed by atoms with E-state index in [0.717, 1.165) is 37.1 Å². The largest absolute Gasteiger partial charge is 0.371 e. The van der Waals surface area contributed by atoms with Crippen LogP contribution in [0, 0.1) is 0 Å². The quantitative estimate of drug-likeness (QED) is 0.926. The van der Waals surface area contributed by atoms with E-state index in [0.29, 0.717) is 6.54 Å². The van der Waals surface area contributed by atoms with E-state index in [-0.39, 0.29) is 5.91 Å². The van der Waals surface area contributed by atoms with Gasteiger partial charge in [-0.2, -0.15) is 11.3 Å². The first-order valence-corrected chi connectivity index (χ1v) is 9.28. The van der Waals surface area contributed by atoms with Gasteiger partial charge in [0, 0.05) is 30.9 Å². The van der Waals surface area contributed by atoms with Crippen molar-refractivity contribution < 1.29 is 4.79 Å². The van der Waals surface area contributed by atoms with E-state index >= 15 is 0 Å². The molecule has 0 bridgehead atoms. The second kappa shape index (κ2) is 6.65. The lowest BCUT2D eigenvalue weighted by molar-refractivity contribution is 0.0951. The van der Waals surface area contributed by atoms with E-state index in [2.05, 4.69) is 46.0 Å². The third-order valence-electron chi connectivity index (χ3n) is 4.70. The average Bonchev–Trinajstić information content (AvgIpc) is 2.99. The summed E-state index contributed by atoms with van der Waals surface area (Å²) in [6.07, 6.45) is 8.45. The fourth-order valence-electron chi connectivity index (χ4n) is 3.20. The number of carbonyl (C=O) groups is 1. The van der Waals surface area contributed by atoms with E-state index in [1.165, 1.54) is 16.8 Å². The van der Waals surface area contributed by atoms with Crippen LogP contribution >= 0.6 is 11.3 Å². The van der Waals surface area contributed by atoms with Gasteiger partial charge in [-0.1, -0.05) is 12.1 Å². The lowest BCUT2D eigenvalue weighted by Gasteiger charge is -2.26. The molecule has 0 saturated heterocycles. The summed E-state index contributed by atoms with van der Waals surface area (Å²) in [4.78, 5) is 14.8. The van der Waals surface area contributed by atoms with E-state index in [4.69, 9.17) is 0 Å². The predicted octanol–water partition coefficient (Wildman–Crippen LogP) is 3.53. The van der Waals surface area contributed by atoms with Gasteiger partial charge in [-0.25, -0.2) is 0 Å². The van der Waals surface area contributed by atoms with Crippen molar-refractivity contribution in [3.8, 4) is 0 Å². The highest BCUT2D eigenvalue weighted by molar-refractivity contribution is 7.07. The molecule has 0 unspecified atom stereocenters. The van der Waals surface area contributed by atoms with Gasteiger partial charge in [-0.15, -0.1) is 0 Å². The molecule has 24 heavy (non-hydrogen) atoms. The number of fused-ring (bicyclic) bond motifs is 1. The molecule has 1 amide bonds. The van der Waals surface area contributed by atoms with Crippen LogP contribution in [0.5, 0.6) is 0 Å². The molecule has 1 N–H and O–H groups in total. The molecule has 0 fully saturated rings. The molecule has 2 aliphatic rings. The zero-order valence-corrected chi connectivity index (χ0v) is 14.3. The maximum absolute atomic E-state index is 12.4. The van der Waals surface area contributed by atoms with E-state index < -0.39 is 0 Å². The summed E-state index contributed by atoms with van der Waals surface area (Å²) >= 11 is 1.65. The summed E-state index contributed by atoms with van der Waals surface area (Å²) < 4.78 is 0. The topological polar surface area (TPSA) is 32.3 Å². The molecule has 2 heterocycles. The maximum Gasteiger partial charge on any atom is 0.251 e. The summed E-state index contributed by atoms with van der Waals surface area (Å²) in [6, 6.07) is 8.20. The lowest BCUT2D eigenvalue weighted by atomic mass is 10.00. The minimum atomic E-state index is 0.00902. The van der Waals surface area contributed by atoms with Crippen molar-refractivity contribution in [3.63, 3.8) is 0 Å². The van der Waals surface area contributed by atoms with Crippen LogP contribution in [-0.2, 0) is 19.4 Å². The van der Waals surface area contributed by atoms with Crippen LogP contribution in [0.4, 0.5) is 0 Å². The Morgan fingerprint density at radius 2 is 2.00 bits per heavy atom. The van der Waals surface area contributed by atoms with Gasteiger partial charge in [0.15, 0.2) is 0 Å². The molecule has 4 heteroatoms. The summed E-state index contributed by atoms with van der Waals surface area (Å²) in [5.74, 6) is 0.00902. The Bertz CT molecular complexity index is 805. The number of amides is 1. The molecule has 122 valence electrons. The molecule has 1 aromatic carbocycles. The Hall–Kier alpha value is -2.33. The van der Waals surface area contributed by atoms with Crippen molar-refractivity contribution >= 4 is 17.2 Å². The number of benzene rings is 1. The summed E-state index contributed by atoms with van der Waals surface area (Å²) in [6.45, 7) is 2.66. The standard InChI is InChI=1S/C20H20N2OS/c23-20(21-13-15-8-11-24-14-15)18-5-4-16-6-9-22(19-2-1-3-19)10-7-17(16)12-18/h1-5,8,11-12,14H,6-7,9-10,13H2,(H,21,23). The van der Waals surface area contributed by atoms with Crippen molar-refractivity contribution in [1.29, 1.82) is 0 Å². The number of rotatable bonds is 4. The molecule has 0 atom stereocenters. The van der Waals surface area contributed by atoms with Crippen molar-refractivity contribution in [1.82, 2.24) is 10.2 Å². The Morgan fingerprint density at radius 1 is 1.17 bits per heavy atom.